The van der Waals surface area contributed by atoms with Crippen LogP contribution in [0.15, 0.2) is 0 Å². The third-order valence-corrected chi connectivity index (χ3v) is 8.38. The van der Waals surface area contributed by atoms with E-state index < -0.39 is 46.9 Å². The van der Waals surface area contributed by atoms with Gasteiger partial charge in [0.1, 0.15) is 0 Å². The molecule has 28 heavy (non-hydrogen) atoms. The average molecular weight is 465 g/mol. The molecule has 0 amide bonds. The second kappa shape index (κ2) is 9.20. The highest BCUT2D eigenvalue weighted by molar-refractivity contribution is 7.88. The van der Waals surface area contributed by atoms with E-state index >= 15 is 0 Å². The Morgan fingerprint density at radius 3 is 1.89 bits per heavy atom. The lowest BCUT2D eigenvalue weighted by Crippen LogP contribution is -2.46. The molecular formula is C14H28N2O9S3. The van der Waals surface area contributed by atoms with E-state index in [0.717, 1.165) is 25.5 Å². The van der Waals surface area contributed by atoms with Crippen LogP contribution in [0.2, 0.25) is 0 Å². The van der Waals surface area contributed by atoms with Crippen molar-refractivity contribution in [3.05, 3.63) is 0 Å². The van der Waals surface area contributed by atoms with Gasteiger partial charge in [0.05, 0.1) is 29.6 Å². The van der Waals surface area contributed by atoms with Gasteiger partial charge in [-0.3, -0.25) is 14.4 Å². The number of ether oxygens (including phenoxy) is 1. The molecular weight excluding hydrogens is 436 g/mol. The Labute approximate surface area is 166 Å². The van der Waals surface area contributed by atoms with Gasteiger partial charge in [0.15, 0.2) is 0 Å². The standard InChI is InChI=1S/C14H28N2O9S3/c1-26(17,18)16-11-4-2-3-10(5-11)15-9-25-12-6-13(27(19,20)21)8-14(7-12)28(22,23)24/h10-16H,2-9H2,1H3,(H,19,20,21)(H,22,23,24). The Hall–Kier alpha value is -0.350. The second-order valence-electron chi connectivity index (χ2n) is 7.57. The van der Waals surface area contributed by atoms with Crippen molar-refractivity contribution in [2.24, 2.45) is 0 Å². The predicted molar refractivity (Wildman–Crippen MR) is 101 cm³/mol. The van der Waals surface area contributed by atoms with Crippen molar-refractivity contribution in [3.8, 4) is 0 Å². The fourth-order valence-corrected chi connectivity index (χ4v) is 6.67. The topological polar surface area (TPSA) is 176 Å². The molecule has 2 rings (SSSR count). The highest BCUT2D eigenvalue weighted by atomic mass is 32.2. The summed E-state index contributed by atoms with van der Waals surface area (Å²) in [5, 5.41) is 0.465. The minimum Gasteiger partial charge on any atom is -0.363 e. The molecule has 0 spiro atoms. The Balaban J connectivity index is 1.88. The monoisotopic (exact) mass is 464 g/mol. The largest absolute Gasteiger partial charge is 0.363 e. The molecule has 0 bridgehead atoms. The fraction of sp³-hybridized carbons (Fsp3) is 1.00. The summed E-state index contributed by atoms with van der Waals surface area (Å²) in [4.78, 5) is 0. The van der Waals surface area contributed by atoms with Crippen molar-refractivity contribution < 1.29 is 39.1 Å². The van der Waals surface area contributed by atoms with E-state index in [4.69, 9.17) is 4.74 Å². The third kappa shape index (κ3) is 7.82. The van der Waals surface area contributed by atoms with Crippen LogP contribution in [0, 0.1) is 0 Å². The third-order valence-electron chi connectivity index (χ3n) is 5.17. The van der Waals surface area contributed by atoms with Crippen LogP contribution in [0.25, 0.3) is 0 Å². The highest BCUT2D eigenvalue weighted by Gasteiger charge is 2.41. The highest BCUT2D eigenvalue weighted by Crippen LogP contribution is 2.30. The van der Waals surface area contributed by atoms with Crippen molar-refractivity contribution >= 4 is 30.3 Å². The summed E-state index contributed by atoms with van der Waals surface area (Å²) in [6, 6.07) is -0.185. The minimum absolute atomic E-state index is 0.00802. The van der Waals surface area contributed by atoms with E-state index in [9.17, 15) is 34.4 Å². The Bertz CT molecular complexity index is 801. The van der Waals surface area contributed by atoms with Gasteiger partial charge in [-0.15, -0.1) is 0 Å². The van der Waals surface area contributed by atoms with Crippen LogP contribution in [0.3, 0.4) is 0 Å². The lowest BCUT2D eigenvalue weighted by Gasteiger charge is -2.33. The molecule has 2 saturated carbocycles. The molecule has 0 radical (unpaired) electrons. The van der Waals surface area contributed by atoms with Gasteiger partial charge >= 0.3 is 0 Å². The van der Waals surface area contributed by atoms with Gasteiger partial charge in [-0.1, -0.05) is 6.42 Å². The van der Waals surface area contributed by atoms with Gasteiger partial charge in [-0.25, -0.2) is 13.1 Å². The Morgan fingerprint density at radius 2 is 1.39 bits per heavy atom. The van der Waals surface area contributed by atoms with Crippen molar-refractivity contribution in [1.82, 2.24) is 10.0 Å². The van der Waals surface area contributed by atoms with Crippen molar-refractivity contribution in [3.63, 3.8) is 0 Å². The molecule has 2 fully saturated rings. The summed E-state index contributed by atoms with van der Waals surface area (Å²) in [6.07, 6.45) is 2.75. The zero-order chi connectivity index (χ0) is 21.2. The molecule has 0 aromatic heterocycles. The molecule has 0 heterocycles. The molecule has 0 aromatic rings. The molecule has 4 atom stereocenters. The number of hydrogen-bond donors (Lipinski definition) is 4. The summed E-state index contributed by atoms with van der Waals surface area (Å²) in [7, 11) is -12.2. The maximum Gasteiger partial charge on any atom is 0.267 e. The molecule has 0 aliphatic heterocycles. The Kier molecular flexibility index (Phi) is 7.86. The minimum atomic E-state index is -4.46. The smallest absolute Gasteiger partial charge is 0.267 e. The first-order valence-electron chi connectivity index (χ1n) is 8.99. The van der Waals surface area contributed by atoms with Gasteiger partial charge < -0.3 is 4.74 Å². The van der Waals surface area contributed by atoms with Gasteiger partial charge in [-0.05, 0) is 38.5 Å². The van der Waals surface area contributed by atoms with Crippen molar-refractivity contribution in [2.75, 3.05) is 13.0 Å². The molecule has 0 aromatic carbocycles. The van der Waals surface area contributed by atoms with Crippen molar-refractivity contribution in [2.45, 2.75) is 73.6 Å². The molecule has 166 valence electrons. The van der Waals surface area contributed by atoms with Crippen LogP contribution < -0.4 is 10.0 Å². The molecule has 11 nitrogen and oxygen atoms in total. The maximum atomic E-state index is 11.4. The first kappa shape index (κ1) is 23.9. The molecule has 2 aliphatic carbocycles. The molecule has 4 unspecified atom stereocenters. The first-order valence-corrected chi connectivity index (χ1v) is 13.9. The van der Waals surface area contributed by atoms with Crippen LogP contribution in [0.1, 0.15) is 44.9 Å². The quantitative estimate of drug-likeness (QED) is 0.270. The number of sulfonamides is 1. The van der Waals surface area contributed by atoms with E-state index in [0.29, 0.717) is 6.42 Å². The van der Waals surface area contributed by atoms with Crippen LogP contribution in [-0.4, -0.2) is 76.0 Å². The summed E-state index contributed by atoms with van der Waals surface area (Å²) >= 11 is 0. The van der Waals surface area contributed by atoms with Crippen LogP contribution in [-0.2, 0) is 35.0 Å². The van der Waals surface area contributed by atoms with Crippen LogP contribution >= 0.6 is 0 Å². The van der Waals surface area contributed by atoms with E-state index in [1.807, 2.05) is 0 Å². The predicted octanol–water partition coefficient (Wildman–Crippen LogP) is -0.524. The number of hydrogen-bond acceptors (Lipinski definition) is 8. The lowest BCUT2D eigenvalue weighted by molar-refractivity contribution is 0.0114. The van der Waals surface area contributed by atoms with Crippen LogP contribution in [0.5, 0.6) is 0 Å². The van der Waals surface area contributed by atoms with E-state index in [-0.39, 0.29) is 38.1 Å². The number of nitrogens with one attached hydrogen (secondary N) is 2. The van der Waals surface area contributed by atoms with E-state index in [2.05, 4.69) is 10.0 Å². The molecule has 0 saturated heterocycles. The average Bonchev–Trinajstić information content (AvgIpc) is 2.51. The number of rotatable bonds is 8. The lowest BCUT2D eigenvalue weighted by atomic mass is 9.92. The summed E-state index contributed by atoms with van der Waals surface area (Å²) in [6.45, 7) is 0.0112. The van der Waals surface area contributed by atoms with E-state index in [1.165, 1.54) is 0 Å². The van der Waals surface area contributed by atoms with Crippen LogP contribution in [0.4, 0.5) is 0 Å². The molecule has 2 aliphatic rings. The summed E-state index contributed by atoms with van der Waals surface area (Å²) in [5.74, 6) is 0. The van der Waals surface area contributed by atoms with Gasteiger partial charge in [0, 0.05) is 12.1 Å². The maximum absolute atomic E-state index is 11.4. The summed E-state index contributed by atoms with van der Waals surface area (Å²) in [5.41, 5.74) is 0. The molecule has 14 heteroatoms. The fourth-order valence-electron chi connectivity index (χ4n) is 3.86. The Morgan fingerprint density at radius 1 is 0.857 bits per heavy atom. The van der Waals surface area contributed by atoms with Gasteiger partial charge in [0.25, 0.3) is 20.2 Å². The summed E-state index contributed by atoms with van der Waals surface area (Å²) < 4.78 is 95.1. The molecule has 4 N–H and O–H groups in total. The normalized spacial score (nSPS) is 32.9. The van der Waals surface area contributed by atoms with Gasteiger partial charge in [0.2, 0.25) is 10.0 Å². The first-order chi connectivity index (χ1) is 12.7. The van der Waals surface area contributed by atoms with Gasteiger partial charge in [-0.2, -0.15) is 16.8 Å². The van der Waals surface area contributed by atoms with Crippen molar-refractivity contribution in [1.29, 1.82) is 0 Å². The zero-order valence-corrected chi connectivity index (χ0v) is 18.0. The second-order valence-corrected chi connectivity index (χ2v) is 12.7. The zero-order valence-electron chi connectivity index (χ0n) is 15.5. The van der Waals surface area contributed by atoms with E-state index in [1.54, 1.807) is 0 Å². The SMILES string of the molecule is CS(=O)(=O)NC1CCCC(NCOC2CC(S(=O)(=O)O)CC(S(=O)(=O)O)C2)C1.